The van der Waals surface area contributed by atoms with Gasteiger partial charge in [-0.15, -0.1) is 0 Å². The van der Waals surface area contributed by atoms with E-state index in [0.717, 1.165) is 0 Å². The van der Waals surface area contributed by atoms with Crippen molar-refractivity contribution in [3.05, 3.63) is 0 Å². The van der Waals surface area contributed by atoms with Crippen LogP contribution in [0.4, 0.5) is 17.6 Å². The van der Waals surface area contributed by atoms with Crippen LogP contribution in [0.3, 0.4) is 0 Å². The number of rotatable bonds is 6. The first-order valence-corrected chi connectivity index (χ1v) is 6.48. The third kappa shape index (κ3) is 3.78. The highest BCUT2D eigenvalue weighted by Gasteiger charge is 2.62. The Balaban J connectivity index is 4.97. The summed E-state index contributed by atoms with van der Waals surface area (Å²) in [4.78, 5) is 11.3. The molecule has 0 bridgehead atoms. The number of esters is 1. The number of halogens is 4. The molecule has 0 heterocycles. The maximum absolute atomic E-state index is 12.9. The summed E-state index contributed by atoms with van der Waals surface area (Å²) in [6, 6.07) is 0. The average molecular weight is 309 g/mol. The van der Waals surface area contributed by atoms with Gasteiger partial charge in [-0.3, -0.25) is 4.79 Å². The lowest BCUT2D eigenvalue weighted by molar-refractivity contribution is -0.201. The van der Waals surface area contributed by atoms with Crippen molar-refractivity contribution in [2.75, 3.05) is 6.61 Å². The Morgan fingerprint density at radius 2 is 1.63 bits per heavy atom. The fraction of sp³-hybridized carbons (Fsp3) is 0.889. The maximum atomic E-state index is 12.9. The van der Waals surface area contributed by atoms with Crippen molar-refractivity contribution >= 4 is 16.1 Å². The number of carbonyl (C=O) groups is 1. The number of hydrogen-bond donors (Lipinski definition) is 0. The lowest BCUT2D eigenvalue weighted by atomic mass is 9.91. The van der Waals surface area contributed by atoms with E-state index < -0.39 is 39.3 Å². The van der Waals surface area contributed by atoms with Gasteiger partial charge in [0.05, 0.1) is 5.41 Å². The minimum Gasteiger partial charge on any atom is -0.743 e. The molecule has 0 saturated carbocycles. The smallest absolute Gasteiger partial charge is 0.399 e. The molecule has 0 amide bonds. The monoisotopic (exact) mass is 309 g/mol. The van der Waals surface area contributed by atoms with E-state index in [1.165, 1.54) is 20.8 Å². The lowest BCUT2D eigenvalue weighted by Gasteiger charge is -2.29. The summed E-state index contributed by atoms with van der Waals surface area (Å²) in [6.45, 7) is 2.01. The Kier molecular flexibility index (Phi) is 4.99. The first kappa shape index (κ1) is 18.1. The number of alkyl halides is 4. The summed E-state index contributed by atoms with van der Waals surface area (Å²) in [5.41, 5.74) is -1.19. The van der Waals surface area contributed by atoms with Crippen LogP contribution in [0.2, 0.25) is 0 Å². The van der Waals surface area contributed by atoms with Crippen molar-refractivity contribution < 1.29 is 40.1 Å². The molecular weight excluding hydrogens is 296 g/mol. The lowest BCUT2D eigenvalue weighted by Crippen LogP contribution is -2.50. The predicted octanol–water partition coefficient (Wildman–Crippen LogP) is 1.74. The molecule has 0 spiro atoms. The van der Waals surface area contributed by atoms with Gasteiger partial charge in [-0.05, 0) is 20.3 Å². The van der Waals surface area contributed by atoms with Gasteiger partial charge in [0, 0.05) is 0 Å². The van der Waals surface area contributed by atoms with E-state index in [9.17, 15) is 35.3 Å². The zero-order chi connectivity index (χ0) is 15.7. The molecule has 0 aromatic rings. The van der Waals surface area contributed by atoms with E-state index in [1.54, 1.807) is 0 Å². The van der Waals surface area contributed by atoms with Crippen molar-refractivity contribution in [3.8, 4) is 0 Å². The molecule has 0 unspecified atom stereocenters. The topological polar surface area (TPSA) is 83.5 Å². The van der Waals surface area contributed by atoms with Crippen LogP contribution in [0.25, 0.3) is 0 Å². The average Bonchev–Trinajstić information content (AvgIpc) is 2.24. The summed E-state index contributed by atoms with van der Waals surface area (Å²) < 4.78 is 85.5. The van der Waals surface area contributed by atoms with Crippen LogP contribution < -0.4 is 0 Å². The van der Waals surface area contributed by atoms with E-state index in [4.69, 9.17) is 0 Å². The van der Waals surface area contributed by atoms with Gasteiger partial charge in [0.1, 0.15) is 0 Å². The van der Waals surface area contributed by atoms with Gasteiger partial charge in [-0.2, -0.15) is 17.6 Å². The van der Waals surface area contributed by atoms with Gasteiger partial charge in [-0.1, -0.05) is 6.92 Å². The molecule has 114 valence electrons. The Bertz CT molecular complexity index is 444. The number of hydrogen-bond acceptors (Lipinski definition) is 5. The minimum absolute atomic E-state index is 0.188. The van der Waals surface area contributed by atoms with Crippen molar-refractivity contribution in [2.24, 2.45) is 5.41 Å². The molecular formula is C9H13F4O5S-. The van der Waals surface area contributed by atoms with Crippen molar-refractivity contribution in [3.63, 3.8) is 0 Å². The number of ether oxygens (including phenoxy) is 1. The highest BCUT2D eigenvalue weighted by Crippen LogP contribution is 2.38. The molecule has 0 rings (SSSR count). The van der Waals surface area contributed by atoms with Gasteiger partial charge < -0.3 is 9.29 Å². The van der Waals surface area contributed by atoms with Crippen LogP contribution in [0, 0.1) is 5.41 Å². The maximum Gasteiger partial charge on any atom is 0.399 e. The highest BCUT2D eigenvalue weighted by atomic mass is 32.2. The van der Waals surface area contributed by atoms with Gasteiger partial charge in [0.2, 0.25) is 0 Å². The van der Waals surface area contributed by atoms with Gasteiger partial charge >= 0.3 is 17.1 Å². The molecule has 5 nitrogen and oxygen atoms in total. The summed E-state index contributed by atoms with van der Waals surface area (Å²) in [7, 11) is -6.57. The summed E-state index contributed by atoms with van der Waals surface area (Å²) in [5, 5.41) is -5.85. The number of carbonyl (C=O) groups excluding carboxylic acids is 1. The third-order valence-corrected chi connectivity index (χ3v) is 3.49. The first-order chi connectivity index (χ1) is 8.19. The SMILES string of the molecule is CCC(C)(C)C(=O)OCC(F)(F)C(F)(F)S(=O)(=O)[O-]. The molecule has 0 atom stereocenters. The van der Waals surface area contributed by atoms with Crippen LogP contribution in [-0.2, 0) is 19.6 Å². The summed E-state index contributed by atoms with van der Waals surface area (Å²) >= 11 is 0. The quantitative estimate of drug-likeness (QED) is 0.424. The van der Waals surface area contributed by atoms with E-state index in [1.807, 2.05) is 0 Å². The highest BCUT2D eigenvalue weighted by molar-refractivity contribution is 7.86. The predicted molar refractivity (Wildman–Crippen MR) is 54.6 cm³/mol. The molecule has 10 heteroatoms. The summed E-state index contributed by atoms with van der Waals surface area (Å²) in [6.07, 6.45) is 0.188. The molecule has 0 aliphatic rings. The second-order valence-electron chi connectivity index (χ2n) is 4.49. The molecule has 0 N–H and O–H groups in total. The molecule has 19 heavy (non-hydrogen) atoms. The van der Waals surface area contributed by atoms with Crippen LogP contribution in [-0.4, -0.2) is 36.7 Å². The first-order valence-electron chi connectivity index (χ1n) is 5.07. The zero-order valence-corrected chi connectivity index (χ0v) is 11.2. The van der Waals surface area contributed by atoms with Crippen molar-refractivity contribution in [1.29, 1.82) is 0 Å². The van der Waals surface area contributed by atoms with E-state index in [-0.39, 0.29) is 6.42 Å². The summed E-state index contributed by atoms with van der Waals surface area (Å²) in [5.74, 6) is -6.50. The molecule has 0 fully saturated rings. The largest absolute Gasteiger partial charge is 0.743 e. The molecule has 0 aliphatic carbocycles. The van der Waals surface area contributed by atoms with E-state index in [0.29, 0.717) is 0 Å². The van der Waals surface area contributed by atoms with Crippen LogP contribution in [0.15, 0.2) is 0 Å². The minimum atomic E-state index is -6.57. The fourth-order valence-corrected chi connectivity index (χ4v) is 1.19. The second kappa shape index (κ2) is 5.23. The zero-order valence-electron chi connectivity index (χ0n) is 10.4. The van der Waals surface area contributed by atoms with Crippen molar-refractivity contribution in [1.82, 2.24) is 0 Å². The van der Waals surface area contributed by atoms with Gasteiger partial charge in [0.15, 0.2) is 16.7 Å². The van der Waals surface area contributed by atoms with Crippen molar-refractivity contribution in [2.45, 2.75) is 38.4 Å². The van der Waals surface area contributed by atoms with E-state index in [2.05, 4.69) is 4.74 Å². The van der Waals surface area contributed by atoms with E-state index >= 15 is 0 Å². The normalized spacial score (nSPS) is 14.3. The fourth-order valence-electron chi connectivity index (χ4n) is 0.763. The second-order valence-corrected chi connectivity index (χ2v) is 5.91. The van der Waals surface area contributed by atoms with Gasteiger partial charge in [-0.25, -0.2) is 8.42 Å². The molecule has 0 aromatic carbocycles. The molecule has 0 aromatic heterocycles. The third-order valence-electron chi connectivity index (χ3n) is 2.56. The van der Waals surface area contributed by atoms with Gasteiger partial charge in [0.25, 0.3) is 0 Å². The Morgan fingerprint density at radius 1 is 1.21 bits per heavy atom. The van der Waals surface area contributed by atoms with Crippen LogP contribution >= 0.6 is 0 Å². The standard InChI is InChI=1S/C9H14F4O5S/c1-4-7(2,3)6(14)18-5-8(10,11)9(12,13)19(15,16)17/h4-5H2,1-3H3,(H,15,16,17)/p-1. The molecule has 0 saturated heterocycles. The van der Waals surface area contributed by atoms with Crippen LogP contribution in [0.5, 0.6) is 0 Å². The Labute approximate surface area is 107 Å². The molecule has 0 aliphatic heterocycles. The Hall–Kier alpha value is -0.900. The Morgan fingerprint density at radius 3 is 1.95 bits per heavy atom. The molecule has 0 radical (unpaired) electrons. The van der Waals surface area contributed by atoms with Crippen LogP contribution in [0.1, 0.15) is 27.2 Å².